The van der Waals surface area contributed by atoms with Crippen LogP contribution in [0.15, 0.2) is 23.1 Å². The first-order valence-corrected chi connectivity index (χ1v) is 8.28. The molecular formula is C11H11N3O5S2. The number of hydrogen-bond donors (Lipinski definition) is 2. The first-order valence-electron chi connectivity index (χ1n) is 6.07. The molecule has 1 fully saturated rings. The number of nitrogens with zero attached hydrogens (tertiary/aromatic N) is 2. The summed E-state index contributed by atoms with van der Waals surface area (Å²) in [5.41, 5.74) is 0.765. The van der Waals surface area contributed by atoms with Crippen LogP contribution in [0.4, 0.5) is 0 Å². The van der Waals surface area contributed by atoms with Crippen LogP contribution < -0.4 is 4.72 Å². The molecule has 3 rings (SSSR count). The molecule has 0 amide bonds. The molecule has 0 radical (unpaired) electrons. The van der Waals surface area contributed by atoms with Crippen molar-refractivity contribution in [3.8, 4) is 0 Å². The smallest absolute Gasteiger partial charge is 0.334 e. The van der Waals surface area contributed by atoms with Crippen molar-refractivity contribution >= 4 is 38.8 Å². The first kappa shape index (κ1) is 14.3. The molecule has 21 heavy (non-hydrogen) atoms. The largest absolute Gasteiger partial charge is 0.479 e. The molecule has 1 saturated heterocycles. The molecule has 0 aliphatic carbocycles. The van der Waals surface area contributed by atoms with E-state index in [2.05, 4.69) is 13.5 Å². The highest BCUT2D eigenvalue weighted by atomic mass is 32.2. The summed E-state index contributed by atoms with van der Waals surface area (Å²) in [6.07, 6.45) is -0.867. The van der Waals surface area contributed by atoms with E-state index in [-0.39, 0.29) is 17.0 Å². The predicted octanol–water partition coefficient (Wildman–Crippen LogP) is 0.212. The van der Waals surface area contributed by atoms with E-state index in [1.54, 1.807) is 12.1 Å². The average Bonchev–Trinajstić information content (AvgIpc) is 3.05. The molecule has 0 saturated carbocycles. The summed E-state index contributed by atoms with van der Waals surface area (Å²) in [7, 11) is -3.90. The van der Waals surface area contributed by atoms with E-state index in [4.69, 9.17) is 9.84 Å². The number of ether oxygens (including phenoxy) is 1. The van der Waals surface area contributed by atoms with Gasteiger partial charge in [0.1, 0.15) is 15.9 Å². The van der Waals surface area contributed by atoms with Gasteiger partial charge in [0.15, 0.2) is 6.10 Å². The highest BCUT2D eigenvalue weighted by Gasteiger charge is 2.37. The molecule has 2 N–H and O–H groups in total. The van der Waals surface area contributed by atoms with Crippen LogP contribution in [0.5, 0.6) is 0 Å². The maximum absolute atomic E-state index is 12.4. The van der Waals surface area contributed by atoms with E-state index in [0.29, 0.717) is 11.9 Å². The molecule has 1 aliphatic rings. The van der Waals surface area contributed by atoms with Gasteiger partial charge >= 0.3 is 5.97 Å². The van der Waals surface area contributed by atoms with Crippen molar-refractivity contribution in [3.63, 3.8) is 0 Å². The lowest BCUT2D eigenvalue weighted by Crippen LogP contribution is -2.44. The Morgan fingerprint density at radius 3 is 3.00 bits per heavy atom. The third kappa shape index (κ3) is 2.62. The van der Waals surface area contributed by atoms with Gasteiger partial charge in [0.05, 0.1) is 17.8 Å². The van der Waals surface area contributed by atoms with Gasteiger partial charge in [0.2, 0.25) is 10.0 Å². The number of carboxylic acids is 1. The Labute approximate surface area is 124 Å². The number of rotatable bonds is 4. The van der Waals surface area contributed by atoms with E-state index in [1.807, 2.05) is 0 Å². The van der Waals surface area contributed by atoms with E-state index in [1.165, 1.54) is 6.07 Å². The van der Waals surface area contributed by atoms with Crippen molar-refractivity contribution in [2.75, 3.05) is 6.61 Å². The van der Waals surface area contributed by atoms with Crippen molar-refractivity contribution in [2.24, 2.45) is 0 Å². The van der Waals surface area contributed by atoms with Gasteiger partial charge in [-0.05, 0) is 18.6 Å². The fourth-order valence-corrected chi connectivity index (χ4v) is 4.25. The standard InChI is InChI=1S/C11H11N3O5S2/c15-11(16)10-7(4-5-19-10)14-21(17,18)8-3-1-2-6-9(8)13-20-12-6/h1-3,7,10,14H,4-5H2,(H,15,16)/t7-,10+/m0/s1. The quantitative estimate of drug-likeness (QED) is 0.823. The molecule has 10 heteroatoms. The van der Waals surface area contributed by atoms with Crippen LogP contribution in [-0.2, 0) is 19.6 Å². The van der Waals surface area contributed by atoms with Crippen LogP contribution in [-0.4, -0.2) is 47.0 Å². The van der Waals surface area contributed by atoms with Crippen molar-refractivity contribution in [1.82, 2.24) is 13.5 Å². The van der Waals surface area contributed by atoms with Crippen molar-refractivity contribution < 1.29 is 23.1 Å². The number of aliphatic carboxylic acids is 1. The lowest BCUT2D eigenvalue weighted by Gasteiger charge is -2.16. The Bertz CT molecular complexity index is 788. The molecule has 2 aromatic rings. The normalized spacial score (nSPS) is 22.7. The van der Waals surface area contributed by atoms with Crippen LogP contribution in [0, 0.1) is 0 Å². The number of fused-ring (bicyclic) bond motifs is 1. The van der Waals surface area contributed by atoms with Gasteiger partial charge in [-0.1, -0.05) is 6.07 Å². The van der Waals surface area contributed by atoms with Gasteiger partial charge in [-0.2, -0.15) is 8.75 Å². The fourth-order valence-electron chi connectivity index (χ4n) is 2.21. The van der Waals surface area contributed by atoms with Crippen LogP contribution >= 0.6 is 11.7 Å². The number of hydrogen-bond acceptors (Lipinski definition) is 7. The number of nitrogens with one attached hydrogen (secondary N) is 1. The summed E-state index contributed by atoms with van der Waals surface area (Å²) >= 11 is 0.920. The van der Waals surface area contributed by atoms with Gasteiger partial charge in [-0.25, -0.2) is 17.9 Å². The Kier molecular flexibility index (Phi) is 3.61. The number of sulfonamides is 1. The molecule has 2 heterocycles. The summed E-state index contributed by atoms with van der Waals surface area (Å²) < 4.78 is 40.3. The monoisotopic (exact) mass is 329 g/mol. The first-order chi connectivity index (χ1) is 9.99. The molecule has 0 spiro atoms. The molecule has 1 aliphatic heterocycles. The minimum Gasteiger partial charge on any atom is -0.479 e. The van der Waals surface area contributed by atoms with Crippen molar-refractivity contribution in [2.45, 2.75) is 23.5 Å². The third-order valence-corrected chi connectivity index (χ3v) is 5.24. The zero-order valence-electron chi connectivity index (χ0n) is 10.6. The number of benzene rings is 1. The number of carbonyl (C=O) groups is 1. The van der Waals surface area contributed by atoms with Gasteiger partial charge in [0.25, 0.3) is 0 Å². The molecule has 8 nitrogen and oxygen atoms in total. The highest BCUT2D eigenvalue weighted by molar-refractivity contribution is 7.89. The number of aromatic nitrogens is 2. The Hall–Kier alpha value is -1.62. The summed E-state index contributed by atoms with van der Waals surface area (Å²) in [4.78, 5) is 11.0. The Balaban J connectivity index is 1.94. The average molecular weight is 329 g/mol. The zero-order chi connectivity index (χ0) is 15.0. The summed E-state index contributed by atoms with van der Waals surface area (Å²) in [5, 5.41) is 9.01. The van der Waals surface area contributed by atoms with E-state index in [9.17, 15) is 13.2 Å². The lowest BCUT2D eigenvalue weighted by molar-refractivity contribution is -0.147. The third-order valence-electron chi connectivity index (χ3n) is 3.18. The van der Waals surface area contributed by atoms with Gasteiger partial charge in [0, 0.05) is 6.61 Å². The molecule has 1 aromatic carbocycles. The molecular weight excluding hydrogens is 318 g/mol. The lowest BCUT2D eigenvalue weighted by atomic mass is 10.1. The Morgan fingerprint density at radius 1 is 1.43 bits per heavy atom. The van der Waals surface area contributed by atoms with Crippen LogP contribution in [0.25, 0.3) is 11.0 Å². The van der Waals surface area contributed by atoms with Gasteiger partial charge in [-0.15, -0.1) is 0 Å². The van der Waals surface area contributed by atoms with E-state index in [0.717, 1.165) is 11.7 Å². The minimum atomic E-state index is -3.90. The minimum absolute atomic E-state index is 0.00945. The SMILES string of the molecule is O=C(O)[C@@H]1OCC[C@@H]1NS(=O)(=O)c1cccc2nsnc12. The van der Waals surface area contributed by atoms with Gasteiger partial charge < -0.3 is 9.84 Å². The van der Waals surface area contributed by atoms with Crippen molar-refractivity contribution in [3.05, 3.63) is 18.2 Å². The molecule has 1 aromatic heterocycles. The van der Waals surface area contributed by atoms with Crippen LogP contribution in [0.1, 0.15) is 6.42 Å². The van der Waals surface area contributed by atoms with Gasteiger partial charge in [-0.3, -0.25) is 0 Å². The highest BCUT2D eigenvalue weighted by Crippen LogP contribution is 2.23. The number of carboxylic acid groups (broad SMARTS) is 1. The molecule has 2 atom stereocenters. The fraction of sp³-hybridized carbons (Fsp3) is 0.364. The molecule has 112 valence electrons. The van der Waals surface area contributed by atoms with E-state index < -0.39 is 28.1 Å². The summed E-state index contributed by atoms with van der Waals surface area (Å²) in [6, 6.07) is 3.85. The van der Waals surface area contributed by atoms with Crippen molar-refractivity contribution in [1.29, 1.82) is 0 Å². The van der Waals surface area contributed by atoms with Crippen LogP contribution in [0.2, 0.25) is 0 Å². The van der Waals surface area contributed by atoms with E-state index >= 15 is 0 Å². The second kappa shape index (κ2) is 5.30. The Morgan fingerprint density at radius 2 is 2.24 bits per heavy atom. The summed E-state index contributed by atoms with van der Waals surface area (Å²) in [6.45, 7) is 0.201. The maximum Gasteiger partial charge on any atom is 0.334 e. The topological polar surface area (TPSA) is 118 Å². The molecule has 0 bridgehead atoms. The summed E-state index contributed by atoms with van der Waals surface area (Å²) in [5.74, 6) is -1.19. The second-order valence-electron chi connectivity index (χ2n) is 4.53. The predicted molar refractivity (Wildman–Crippen MR) is 73.5 cm³/mol. The zero-order valence-corrected chi connectivity index (χ0v) is 12.2. The second-order valence-corrected chi connectivity index (χ2v) is 6.75. The molecule has 0 unspecified atom stereocenters. The maximum atomic E-state index is 12.4. The van der Waals surface area contributed by atoms with Crippen LogP contribution in [0.3, 0.4) is 0 Å².